The van der Waals surface area contributed by atoms with E-state index in [1.54, 1.807) is 24.1 Å². The number of rotatable bonds is 5. The molecule has 0 aliphatic carbocycles. The average Bonchev–Trinajstić information content (AvgIpc) is 3.19. The zero-order valence-corrected chi connectivity index (χ0v) is 18.3. The Hall–Kier alpha value is -3.45. The van der Waals surface area contributed by atoms with Gasteiger partial charge < -0.3 is 19.0 Å². The molecule has 1 aromatic heterocycles. The van der Waals surface area contributed by atoms with Crippen LogP contribution in [-0.4, -0.2) is 43.5 Å². The third kappa shape index (κ3) is 2.48. The summed E-state index contributed by atoms with van der Waals surface area (Å²) < 4.78 is 11.2. The second kappa shape index (κ2) is 7.31. The van der Waals surface area contributed by atoms with E-state index in [2.05, 4.69) is 0 Å². The minimum Gasteiger partial charge on any atom is -0.450 e. The first kappa shape index (κ1) is 20.5. The zero-order chi connectivity index (χ0) is 22.6. The van der Waals surface area contributed by atoms with E-state index < -0.39 is 11.4 Å². The maximum atomic E-state index is 14.0. The van der Waals surface area contributed by atoms with Crippen molar-refractivity contribution in [3.63, 3.8) is 0 Å². The molecular formula is C25H24N2O5. The number of aryl methyl sites for hydroxylation is 1. The highest BCUT2D eigenvalue weighted by Crippen LogP contribution is 2.52. The molecule has 1 spiro atoms. The molecule has 1 atom stereocenters. The van der Waals surface area contributed by atoms with Gasteiger partial charge in [0, 0.05) is 32.4 Å². The highest BCUT2D eigenvalue weighted by atomic mass is 16.5. The monoisotopic (exact) mass is 432 g/mol. The Kier molecular flexibility index (Phi) is 4.67. The van der Waals surface area contributed by atoms with E-state index in [0.717, 1.165) is 5.56 Å². The largest absolute Gasteiger partial charge is 0.450 e. The number of carbonyl (C=O) groups excluding carboxylic acids is 2. The number of carbonyl (C=O) groups is 2. The minimum atomic E-state index is -1.54. The van der Waals surface area contributed by atoms with Crippen LogP contribution >= 0.6 is 0 Å². The van der Waals surface area contributed by atoms with Gasteiger partial charge in [-0.15, -0.1) is 0 Å². The normalized spacial score (nSPS) is 19.3. The lowest BCUT2D eigenvalue weighted by atomic mass is 9.84. The molecule has 7 heteroatoms. The number of methoxy groups -OCH3 is 1. The van der Waals surface area contributed by atoms with Crippen LogP contribution in [0.5, 0.6) is 0 Å². The Morgan fingerprint density at radius 3 is 2.62 bits per heavy atom. The molecule has 5 rings (SSSR count). The van der Waals surface area contributed by atoms with Gasteiger partial charge in [0.05, 0.1) is 16.6 Å². The predicted octanol–water partition coefficient (Wildman–Crippen LogP) is 3.20. The molecule has 32 heavy (non-hydrogen) atoms. The number of anilines is 1. The van der Waals surface area contributed by atoms with Crippen LogP contribution in [0, 0.1) is 6.92 Å². The molecule has 0 radical (unpaired) electrons. The van der Waals surface area contributed by atoms with E-state index in [-0.39, 0.29) is 29.2 Å². The molecule has 0 fully saturated rings. The van der Waals surface area contributed by atoms with Gasteiger partial charge in [-0.25, -0.2) is 0 Å². The van der Waals surface area contributed by atoms with Gasteiger partial charge in [0.2, 0.25) is 5.76 Å². The van der Waals surface area contributed by atoms with Gasteiger partial charge in [-0.05, 0) is 38.5 Å². The first-order valence-corrected chi connectivity index (χ1v) is 10.8. The van der Waals surface area contributed by atoms with Gasteiger partial charge in [-0.1, -0.05) is 29.8 Å². The summed E-state index contributed by atoms with van der Waals surface area (Å²) in [5, 5.41) is 0.370. The summed E-state index contributed by atoms with van der Waals surface area (Å²) in [6.45, 7) is 4.87. The van der Waals surface area contributed by atoms with Crippen molar-refractivity contribution in [2.75, 3.05) is 31.7 Å². The topological polar surface area (TPSA) is 80.1 Å². The van der Waals surface area contributed by atoms with Crippen LogP contribution in [0.4, 0.5) is 5.69 Å². The molecule has 0 N–H and O–H groups in total. The van der Waals surface area contributed by atoms with Crippen molar-refractivity contribution in [3.05, 3.63) is 75.1 Å². The predicted molar refractivity (Wildman–Crippen MR) is 120 cm³/mol. The molecule has 0 bridgehead atoms. The molecule has 2 aliphatic heterocycles. The lowest BCUT2D eigenvalue weighted by Crippen LogP contribution is -2.53. The molecule has 2 aromatic carbocycles. The van der Waals surface area contributed by atoms with Crippen molar-refractivity contribution in [2.45, 2.75) is 25.8 Å². The Bertz CT molecular complexity index is 1330. The Morgan fingerprint density at radius 2 is 1.88 bits per heavy atom. The molecule has 1 unspecified atom stereocenters. The van der Waals surface area contributed by atoms with E-state index in [1.165, 1.54) is 4.90 Å². The summed E-state index contributed by atoms with van der Waals surface area (Å²) in [7, 11) is 1.59. The highest BCUT2D eigenvalue weighted by molar-refractivity contribution is 6.17. The molecule has 3 aromatic rings. The van der Waals surface area contributed by atoms with Crippen LogP contribution in [0.3, 0.4) is 0 Å². The van der Waals surface area contributed by atoms with Crippen LogP contribution < -0.4 is 10.3 Å². The average molecular weight is 432 g/mol. The third-order valence-corrected chi connectivity index (χ3v) is 6.44. The maximum Gasteiger partial charge on any atom is 0.291 e. The number of hydrogen-bond donors (Lipinski definition) is 0. The second-order valence-corrected chi connectivity index (χ2v) is 8.22. The Labute approximate surface area is 185 Å². The summed E-state index contributed by atoms with van der Waals surface area (Å²) in [5.41, 5.74) is 0.823. The lowest BCUT2D eigenvalue weighted by molar-refractivity contribution is -0.126. The highest BCUT2D eigenvalue weighted by Gasteiger charge is 2.64. The standard InChI is InChI=1S/C25H24N2O5/c1-4-26-18-9-6-5-8-17(18)25(24(26)30)20-21(28)16-14-15(2)10-11-19(16)32-22(20)23(29)27(25)12-7-13-31-3/h5-6,8-11,14H,4,7,12-13H2,1-3H3. The summed E-state index contributed by atoms with van der Waals surface area (Å²) in [6.07, 6.45) is 0.520. The fourth-order valence-corrected chi connectivity index (χ4v) is 5.09. The number of amides is 2. The number of likely N-dealkylation sites (N-methyl/N-ethyl adjacent to an activating group) is 1. The van der Waals surface area contributed by atoms with Crippen LogP contribution in [0.2, 0.25) is 0 Å². The number of fused-ring (bicyclic) bond motifs is 5. The molecule has 0 saturated carbocycles. The summed E-state index contributed by atoms with van der Waals surface area (Å²) >= 11 is 0. The Balaban J connectivity index is 1.88. The molecule has 2 amide bonds. The molecule has 2 aliphatic rings. The van der Waals surface area contributed by atoms with Crippen molar-refractivity contribution in [1.82, 2.24) is 4.90 Å². The zero-order valence-electron chi connectivity index (χ0n) is 18.3. The number of ether oxygens (including phenoxy) is 1. The van der Waals surface area contributed by atoms with Gasteiger partial charge in [0.1, 0.15) is 5.58 Å². The molecule has 164 valence electrons. The molecule has 3 heterocycles. The van der Waals surface area contributed by atoms with Crippen molar-refractivity contribution in [1.29, 1.82) is 0 Å². The van der Waals surface area contributed by atoms with Crippen molar-refractivity contribution in [2.24, 2.45) is 0 Å². The lowest BCUT2D eigenvalue weighted by Gasteiger charge is -2.34. The SMILES string of the molecule is CCN1C(=O)C2(c3ccccc31)c1c(oc3ccc(C)cc3c1=O)C(=O)N2CCCOC. The molecule has 7 nitrogen and oxygen atoms in total. The fraction of sp³-hybridized carbons (Fsp3) is 0.320. The van der Waals surface area contributed by atoms with Crippen molar-refractivity contribution >= 4 is 28.5 Å². The first-order valence-electron chi connectivity index (χ1n) is 10.8. The van der Waals surface area contributed by atoms with Crippen LogP contribution in [0.1, 0.15) is 40.6 Å². The van der Waals surface area contributed by atoms with E-state index in [1.807, 2.05) is 44.2 Å². The van der Waals surface area contributed by atoms with E-state index >= 15 is 0 Å². The van der Waals surface area contributed by atoms with E-state index in [4.69, 9.17) is 9.15 Å². The number of hydrogen-bond acceptors (Lipinski definition) is 5. The van der Waals surface area contributed by atoms with Crippen molar-refractivity contribution in [3.8, 4) is 0 Å². The summed E-state index contributed by atoms with van der Waals surface area (Å²) in [4.78, 5) is 44.7. The number of para-hydroxylation sites is 1. The number of nitrogens with zero attached hydrogens (tertiary/aromatic N) is 2. The van der Waals surface area contributed by atoms with Crippen LogP contribution in [0.25, 0.3) is 11.0 Å². The summed E-state index contributed by atoms with van der Waals surface area (Å²) in [6, 6.07) is 12.6. The van der Waals surface area contributed by atoms with E-state index in [0.29, 0.717) is 41.8 Å². The maximum absolute atomic E-state index is 14.0. The smallest absolute Gasteiger partial charge is 0.291 e. The third-order valence-electron chi connectivity index (χ3n) is 6.44. The van der Waals surface area contributed by atoms with Gasteiger partial charge >= 0.3 is 0 Å². The molecule has 0 saturated heterocycles. The fourth-order valence-electron chi connectivity index (χ4n) is 5.09. The second-order valence-electron chi connectivity index (χ2n) is 8.22. The van der Waals surface area contributed by atoms with Crippen molar-refractivity contribution < 1.29 is 18.7 Å². The van der Waals surface area contributed by atoms with Crippen LogP contribution in [-0.2, 0) is 15.1 Å². The van der Waals surface area contributed by atoms with E-state index in [9.17, 15) is 14.4 Å². The van der Waals surface area contributed by atoms with Gasteiger partial charge in [-0.3, -0.25) is 14.4 Å². The number of benzene rings is 2. The van der Waals surface area contributed by atoms with Gasteiger partial charge in [0.25, 0.3) is 11.8 Å². The van der Waals surface area contributed by atoms with Gasteiger partial charge in [-0.2, -0.15) is 0 Å². The van der Waals surface area contributed by atoms with Crippen LogP contribution in [0.15, 0.2) is 51.7 Å². The Morgan fingerprint density at radius 1 is 1.09 bits per heavy atom. The summed E-state index contributed by atoms with van der Waals surface area (Å²) in [5.74, 6) is -0.799. The quantitative estimate of drug-likeness (QED) is 0.579. The molecular weight excluding hydrogens is 408 g/mol. The van der Waals surface area contributed by atoms with Gasteiger partial charge in [0.15, 0.2) is 11.0 Å². The first-order chi connectivity index (χ1) is 15.5. The minimum absolute atomic E-state index is 0.0510.